The van der Waals surface area contributed by atoms with Crippen molar-refractivity contribution < 1.29 is 9.59 Å². The number of carbonyl (C=O) groups excluding carboxylic acids is 2. The van der Waals surface area contributed by atoms with E-state index in [-0.39, 0.29) is 23.7 Å². The van der Waals surface area contributed by atoms with E-state index in [1.165, 1.54) is 0 Å². The van der Waals surface area contributed by atoms with Crippen LogP contribution in [0.4, 0.5) is 0 Å². The Bertz CT molecular complexity index is 1540. The average molecular weight is 507 g/mol. The number of aromatic nitrogens is 4. The van der Waals surface area contributed by atoms with Crippen molar-refractivity contribution in [2.24, 2.45) is 0 Å². The van der Waals surface area contributed by atoms with Gasteiger partial charge in [0.25, 0.3) is 5.56 Å². The van der Waals surface area contributed by atoms with Gasteiger partial charge in [-0.2, -0.15) is 0 Å². The lowest BCUT2D eigenvalue weighted by Gasteiger charge is -2.20. The first-order valence-electron chi connectivity index (χ1n) is 11.2. The van der Waals surface area contributed by atoms with Gasteiger partial charge in [0.1, 0.15) is 5.65 Å². The van der Waals surface area contributed by atoms with Crippen LogP contribution in [0.5, 0.6) is 0 Å². The average Bonchev–Trinajstić information content (AvgIpc) is 3.35. The molecule has 1 aromatic carbocycles. The van der Waals surface area contributed by atoms with E-state index in [0.29, 0.717) is 12.0 Å². The number of imidazole rings is 1. The van der Waals surface area contributed by atoms with E-state index in [4.69, 9.17) is 0 Å². The summed E-state index contributed by atoms with van der Waals surface area (Å²) in [7, 11) is 0. The minimum Gasteiger partial charge on any atom is -0.294 e. The summed E-state index contributed by atoms with van der Waals surface area (Å²) in [6.45, 7) is 0.182. The highest BCUT2D eigenvalue weighted by atomic mass is 32.2. The minimum atomic E-state index is -0.865. The normalized spacial score (nSPS) is 13.4. The van der Waals surface area contributed by atoms with Crippen LogP contribution in [0.1, 0.15) is 28.8 Å². The summed E-state index contributed by atoms with van der Waals surface area (Å²) >= 11 is 2.76. The van der Waals surface area contributed by atoms with Gasteiger partial charge in [0.15, 0.2) is 0 Å². The van der Waals surface area contributed by atoms with Crippen molar-refractivity contribution in [1.29, 1.82) is 0 Å². The first kappa shape index (κ1) is 23.4. The molecule has 4 aromatic rings. The molecule has 0 amide bonds. The van der Waals surface area contributed by atoms with Crippen LogP contribution in [-0.4, -0.2) is 41.7 Å². The number of rotatable bonds is 8. The maximum absolute atomic E-state index is 13.4. The molecule has 0 saturated carbocycles. The highest BCUT2D eigenvalue weighted by molar-refractivity contribution is 8.00. The van der Waals surface area contributed by atoms with E-state index in [9.17, 15) is 19.2 Å². The number of pyridine rings is 1. The zero-order valence-electron chi connectivity index (χ0n) is 18.8. The summed E-state index contributed by atoms with van der Waals surface area (Å²) in [6.07, 6.45) is 5.30. The molecule has 0 atom stereocenters. The number of ketones is 1. The smallest absolute Gasteiger partial charge is 0.294 e. The molecule has 0 aliphatic carbocycles. The van der Waals surface area contributed by atoms with Crippen molar-refractivity contribution in [2.45, 2.75) is 35.9 Å². The van der Waals surface area contributed by atoms with E-state index in [0.717, 1.165) is 49.3 Å². The molecule has 10 heteroatoms. The summed E-state index contributed by atoms with van der Waals surface area (Å²) in [5.74, 6) is -0.770. The van der Waals surface area contributed by atoms with Gasteiger partial charge < -0.3 is 0 Å². The molecule has 178 valence electrons. The third-order valence-corrected chi connectivity index (χ3v) is 8.04. The molecule has 1 aliphatic heterocycles. The van der Waals surface area contributed by atoms with E-state index in [1.54, 1.807) is 18.0 Å². The number of hydrogen-bond acceptors (Lipinski definition) is 7. The second-order valence-electron chi connectivity index (χ2n) is 8.11. The minimum absolute atomic E-state index is 0.0651. The van der Waals surface area contributed by atoms with Crippen molar-refractivity contribution in [3.05, 3.63) is 92.9 Å². The van der Waals surface area contributed by atoms with Crippen LogP contribution < -0.4 is 11.2 Å². The third kappa shape index (κ3) is 4.63. The molecule has 0 spiro atoms. The Morgan fingerprint density at radius 1 is 0.971 bits per heavy atom. The fourth-order valence-electron chi connectivity index (χ4n) is 4.07. The lowest BCUT2D eigenvalue weighted by molar-refractivity contribution is -0.113. The van der Waals surface area contributed by atoms with E-state index in [2.05, 4.69) is 4.98 Å². The third-order valence-electron chi connectivity index (χ3n) is 5.81. The highest BCUT2D eigenvalue weighted by Gasteiger charge is 2.31. The molecule has 0 bridgehead atoms. The van der Waals surface area contributed by atoms with Crippen molar-refractivity contribution in [3.8, 4) is 0 Å². The van der Waals surface area contributed by atoms with Crippen LogP contribution >= 0.6 is 23.5 Å². The molecule has 35 heavy (non-hydrogen) atoms. The number of Topliss-reactive ketones (excluding diaryl/α,β-unsaturated/α-hetero) is 1. The summed E-state index contributed by atoms with van der Waals surface area (Å²) in [4.78, 5) is 55.4. The van der Waals surface area contributed by atoms with E-state index < -0.39 is 22.9 Å². The molecule has 0 fully saturated rings. The second-order valence-corrected chi connectivity index (χ2v) is 10.2. The Morgan fingerprint density at radius 2 is 1.80 bits per heavy atom. The summed E-state index contributed by atoms with van der Waals surface area (Å²) in [6, 6.07) is 15.3. The highest BCUT2D eigenvalue weighted by Crippen LogP contribution is 2.25. The Hall–Kier alpha value is -3.37. The van der Waals surface area contributed by atoms with Gasteiger partial charge in [-0.1, -0.05) is 48.2 Å². The number of thioether (sulfide) groups is 2. The quantitative estimate of drug-likeness (QED) is 0.157. The molecule has 0 saturated heterocycles. The van der Waals surface area contributed by atoms with Crippen molar-refractivity contribution in [3.63, 3.8) is 0 Å². The molecule has 0 unspecified atom stereocenters. The Morgan fingerprint density at radius 3 is 2.63 bits per heavy atom. The molecule has 0 N–H and O–H groups in total. The molecule has 0 radical (unpaired) electrons. The Labute approximate surface area is 209 Å². The Balaban J connectivity index is 1.37. The predicted octanol–water partition coefficient (Wildman–Crippen LogP) is 3.14. The number of fused-ring (bicyclic) bond motifs is 2. The first-order valence-corrected chi connectivity index (χ1v) is 13.2. The number of benzene rings is 1. The fraction of sp³-hybridized carbons (Fsp3) is 0.240. The first-order chi connectivity index (χ1) is 17.0. The number of nitrogens with zero attached hydrogens (tertiary/aromatic N) is 4. The summed E-state index contributed by atoms with van der Waals surface area (Å²) in [5, 5.41) is 1.35. The topological polar surface area (TPSA) is 95.4 Å². The standard InChI is InChI=1S/C25H22N4O4S2/c30-19-16-35-24-18(15-17-7-2-1-3-8-17)22(31)28(25(33)29(24)23(19)32)12-4-5-14-34-21-10-6-9-20-26-11-13-27(20)21/h1-3,6-11,13H,4-5,12,14-16H2. The fourth-order valence-corrected chi connectivity index (χ4v) is 6.11. The number of unbranched alkanes of at least 4 members (excludes halogenated alkanes) is 1. The lowest BCUT2D eigenvalue weighted by Crippen LogP contribution is -2.48. The van der Waals surface area contributed by atoms with E-state index in [1.807, 2.05) is 59.1 Å². The van der Waals surface area contributed by atoms with Crippen LogP contribution in [0.2, 0.25) is 0 Å². The maximum Gasteiger partial charge on any atom is 0.339 e. The number of carbonyl (C=O) groups is 2. The molecular weight excluding hydrogens is 484 g/mol. The number of hydrogen-bond donors (Lipinski definition) is 0. The van der Waals surface area contributed by atoms with Gasteiger partial charge in [-0.25, -0.2) is 14.3 Å². The van der Waals surface area contributed by atoms with Gasteiger partial charge in [0.05, 0.1) is 21.4 Å². The summed E-state index contributed by atoms with van der Waals surface area (Å²) in [5.41, 5.74) is 1.03. The van der Waals surface area contributed by atoms with Crippen LogP contribution in [-0.2, 0) is 17.8 Å². The van der Waals surface area contributed by atoms with Gasteiger partial charge in [-0.15, -0.1) is 11.8 Å². The Kier molecular flexibility index (Phi) is 6.74. The predicted molar refractivity (Wildman–Crippen MR) is 136 cm³/mol. The molecular formula is C25H22N4O4S2. The zero-order chi connectivity index (χ0) is 24.4. The molecule has 4 heterocycles. The second kappa shape index (κ2) is 10.1. The van der Waals surface area contributed by atoms with Gasteiger partial charge in [0.2, 0.25) is 5.78 Å². The largest absolute Gasteiger partial charge is 0.339 e. The van der Waals surface area contributed by atoms with Crippen molar-refractivity contribution in [1.82, 2.24) is 18.5 Å². The van der Waals surface area contributed by atoms with E-state index >= 15 is 0 Å². The molecule has 5 rings (SSSR count). The van der Waals surface area contributed by atoms with Crippen molar-refractivity contribution >= 4 is 40.9 Å². The van der Waals surface area contributed by atoms with Crippen LogP contribution in [0, 0.1) is 0 Å². The zero-order valence-corrected chi connectivity index (χ0v) is 20.4. The van der Waals surface area contributed by atoms with Crippen molar-refractivity contribution in [2.75, 3.05) is 11.5 Å². The maximum atomic E-state index is 13.4. The SMILES string of the molecule is O=C1CSc2c(Cc3ccccc3)c(=O)n(CCCCSc3cccc4nccn34)c(=O)n2C1=O. The lowest BCUT2D eigenvalue weighted by atomic mass is 10.1. The van der Waals surface area contributed by atoms with Crippen LogP contribution in [0.25, 0.3) is 5.65 Å². The van der Waals surface area contributed by atoms with Gasteiger partial charge in [0, 0.05) is 25.4 Å². The van der Waals surface area contributed by atoms with Gasteiger partial charge in [-0.05, 0) is 36.3 Å². The molecule has 3 aromatic heterocycles. The summed E-state index contributed by atoms with van der Waals surface area (Å²) < 4.78 is 4.02. The van der Waals surface area contributed by atoms with Gasteiger partial charge in [-0.3, -0.25) is 23.4 Å². The molecule has 1 aliphatic rings. The molecule has 8 nitrogen and oxygen atoms in total. The van der Waals surface area contributed by atoms with Crippen LogP contribution in [0.15, 0.2) is 80.6 Å². The van der Waals surface area contributed by atoms with Gasteiger partial charge >= 0.3 is 11.6 Å². The van der Waals surface area contributed by atoms with Crippen LogP contribution in [0.3, 0.4) is 0 Å². The monoisotopic (exact) mass is 506 g/mol.